The Bertz CT molecular complexity index is 448. The maximum absolute atomic E-state index is 14.0. The minimum atomic E-state index is -0.250. The molecule has 1 fully saturated rings. The maximum atomic E-state index is 14.0. The Morgan fingerprint density at radius 2 is 1.86 bits per heavy atom. The smallest absolute Gasteiger partial charge is 0.127 e. The Hall–Kier alpha value is -0.640. The first-order valence-electron chi connectivity index (χ1n) is 7.83. The molecule has 1 aliphatic rings. The van der Waals surface area contributed by atoms with Crippen molar-refractivity contribution in [2.75, 3.05) is 14.1 Å². The number of rotatable bonds is 4. The number of likely N-dealkylation sites (N-methyl/N-ethyl adjacent to an activating group) is 1. The van der Waals surface area contributed by atoms with E-state index in [0.717, 1.165) is 12.8 Å². The van der Waals surface area contributed by atoms with Gasteiger partial charge in [-0.3, -0.25) is 0 Å². The van der Waals surface area contributed by atoms with E-state index in [0.29, 0.717) is 17.0 Å². The van der Waals surface area contributed by atoms with Crippen molar-refractivity contribution in [3.05, 3.63) is 34.6 Å². The van der Waals surface area contributed by atoms with Crippen molar-refractivity contribution in [2.45, 2.75) is 56.5 Å². The van der Waals surface area contributed by atoms with Crippen LogP contribution in [0.5, 0.6) is 0 Å². The van der Waals surface area contributed by atoms with Crippen LogP contribution in [0.1, 0.15) is 44.1 Å². The number of nitrogens with zero attached hydrogens (tertiary/aromatic N) is 1. The second-order valence-corrected chi connectivity index (χ2v) is 6.83. The van der Waals surface area contributed by atoms with Crippen LogP contribution in [-0.4, -0.2) is 30.6 Å². The van der Waals surface area contributed by atoms with Gasteiger partial charge in [-0.15, -0.1) is 0 Å². The first kappa shape index (κ1) is 16.7. The van der Waals surface area contributed by atoms with Gasteiger partial charge in [0.05, 0.1) is 0 Å². The Morgan fingerprint density at radius 3 is 2.38 bits per heavy atom. The third-order valence-electron chi connectivity index (χ3n) is 5.04. The Kier molecular flexibility index (Phi) is 5.64. The van der Waals surface area contributed by atoms with Crippen molar-refractivity contribution in [1.29, 1.82) is 0 Å². The standard InChI is InChI=1S/C17H26ClFN2/c1-21(2)17(10-5-3-4-6-11-17)16(20)12-13-14(18)8-7-9-15(13)19/h7-9,16H,3-6,10-12,20H2,1-2H3. The lowest BCUT2D eigenvalue weighted by atomic mass is 9.79. The van der Waals surface area contributed by atoms with Crippen LogP contribution in [0.15, 0.2) is 18.2 Å². The Labute approximate surface area is 132 Å². The van der Waals surface area contributed by atoms with Crippen LogP contribution >= 0.6 is 11.6 Å². The number of nitrogens with two attached hydrogens (primary N) is 1. The van der Waals surface area contributed by atoms with Crippen LogP contribution in [0.25, 0.3) is 0 Å². The zero-order valence-electron chi connectivity index (χ0n) is 13.0. The second kappa shape index (κ2) is 7.08. The first-order valence-corrected chi connectivity index (χ1v) is 8.21. The van der Waals surface area contributed by atoms with E-state index in [-0.39, 0.29) is 17.4 Å². The van der Waals surface area contributed by atoms with Gasteiger partial charge in [0.1, 0.15) is 5.82 Å². The van der Waals surface area contributed by atoms with Crippen LogP contribution in [0.2, 0.25) is 5.02 Å². The summed E-state index contributed by atoms with van der Waals surface area (Å²) in [5.41, 5.74) is 7.06. The molecule has 0 saturated heterocycles. The molecule has 1 saturated carbocycles. The Balaban J connectivity index is 2.24. The van der Waals surface area contributed by atoms with Crippen molar-refractivity contribution >= 4 is 11.6 Å². The average molecular weight is 313 g/mol. The van der Waals surface area contributed by atoms with Gasteiger partial charge in [-0.25, -0.2) is 4.39 Å². The second-order valence-electron chi connectivity index (χ2n) is 6.42. The van der Waals surface area contributed by atoms with Gasteiger partial charge in [0.15, 0.2) is 0 Å². The molecule has 1 aromatic rings. The summed E-state index contributed by atoms with van der Waals surface area (Å²) in [6, 6.07) is 4.73. The fraction of sp³-hybridized carbons (Fsp3) is 0.647. The molecule has 118 valence electrons. The van der Waals surface area contributed by atoms with E-state index >= 15 is 0 Å². The van der Waals surface area contributed by atoms with E-state index in [4.69, 9.17) is 17.3 Å². The van der Waals surface area contributed by atoms with Crippen molar-refractivity contribution < 1.29 is 4.39 Å². The van der Waals surface area contributed by atoms with Gasteiger partial charge >= 0.3 is 0 Å². The van der Waals surface area contributed by atoms with Gasteiger partial charge in [0.25, 0.3) is 0 Å². The number of benzene rings is 1. The summed E-state index contributed by atoms with van der Waals surface area (Å²) < 4.78 is 14.0. The molecule has 1 aliphatic carbocycles. The Morgan fingerprint density at radius 1 is 1.24 bits per heavy atom. The van der Waals surface area contributed by atoms with Crippen LogP contribution < -0.4 is 5.73 Å². The molecule has 1 unspecified atom stereocenters. The normalized spacial score (nSPS) is 20.3. The molecule has 2 N–H and O–H groups in total. The molecular weight excluding hydrogens is 287 g/mol. The number of halogens is 2. The molecule has 0 spiro atoms. The van der Waals surface area contributed by atoms with E-state index in [9.17, 15) is 4.39 Å². The highest BCUT2D eigenvalue weighted by atomic mass is 35.5. The molecule has 0 amide bonds. The molecule has 1 atom stereocenters. The third kappa shape index (κ3) is 3.58. The fourth-order valence-corrected chi connectivity index (χ4v) is 3.87. The predicted molar refractivity (Wildman–Crippen MR) is 87.2 cm³/mol. The summed E-state index contributed by atoms with van der Waals surface area (Å²) in [6.45, 7) is 0. The lowest BCUT2D eigenvalue weighted by Gasteiger charge is -2.44. The summed E-state index contributed by atoms with van der Waals surface area (Å²) in [5, 5.41) is 0.480. The molecule has 2 nitrogen and oxygen atoms in total. The number of hydrogen-bond donors (Lipinski definition) is 1. The minimum Gasteiger partial charge on any atom is -0.326 e. The van der Waals surface area contributed by atoms with Gasteiger partial charge < -0.3 is 10.6 Å². The molecule has 4 heteroatoms. The van der Waals surface area contributed by atoms with Gasteiger partial charge in [0.2, 0.25) is 0 Å². The van der Waals surface area contributed by atoms with Crippen molar-refractivity contribution in [1.82, 2.24) is 4.90 Å². The topological polar surface area (TPSA) is 29.3 Å². The van der Waals surface area contributed by atoms with Crippen LogP contribution in [0, 0.1) is 5.82 Å². The number of hydrogen-bond acceptors (Lipinski definition) is 2. The molecule has 0 bridgehead atoms. The molecule has 21 heavy (non-hydrogen) atoms. The van der Waals surface area contributed by atoms with Crippen molar-refractivity contribution in [3.63, 3.8) is 0 Å². The van der Waals surface area contributed by atoms with Gasteiger partial charge in [-0.2, -0.15) is 0 Å². The maximum Gasteiger partial charge on any atom is 0.127 e. The van der Waals surface area contributed by atoms with Crippen molar-refractivity contribution in [2.24, 2.45) is 5.73 Å². The summed E-state index contributed by atoms with van der Waals surface area (Å²) in [5.74, 6) is -0.250. The largest absolute Gasteiger partial charge is 0.326 e. The van der Waals surface area contributed by atoms with Gasteiger partial charge in [-0.05, 0) is 45.5 Å². The van der Waals surface area contributed by atoms with E-state index in [1.54, 1.807) is 12.1 Å². The first-order chi connectivity index (χ1) is 9.97. The SMILES string of the molecule is CN(C)C1(C(N)Cc2c(F)cccc2Cl)CCCCCC1. The van der Waals surface area contributed by atoms with Gasteiger partial charge in [-0.1, -0.05) is 43.4 Å². The molecule has 1 aromatic carbocycles. The lowest BCUT2D eigenvalue weighted by Crippen LogP contribution is -2.58. The van der Waals surface area contributed by atoms with E-state index in [1.165, 1.54) is 31.7 Å². The van der Waals surface area contributed by atoms with E-state index in [2.05, 4.69) is 19.0 Å². The molecule has 2 rings (SSSR count). The average Bonchev–Trinajstić information content (AvgIpc) is 2.69. The monoisotopic (exact) mass is 312 g/mol. The van der Waals surface area contributed by atoms with Gasteiger partial charge in [0, 0.05) is 22.2 Å². The quantitative estimate of drug-likeness (QED) is 0.851. The van der Waals surface area contributed by atoms with E-state index < -0.39 is 0 Å². The highest BCUT2D eigenvalue weighted by Crippen LogP contribution is 2.35. The molecule has 0 radical (unpaired) electrons. The summed E-state index contributed by atoms with van der Waals surface area (Å²) in [4.78, 5) is 2.25. The van der Waals surface area contributed by atoms with Crippen LogP contribution in [-0.2, 0) is 6.42 Å². The zero-order valence-corrected chi connectivity index (χ0v) is 13.8. The van der Waals surface area contributed by atoms with Crippen LogP contribution in [0.4, 0.5) is 4.39 Å². The molecule has 0 heterocycles. The third-order valence-corrected chi connectivity index (χ3v) is 5.39. The highest BCUT2D eigenvalue weighted by molar-refractivity contribution is 6.31. The zero-order chi connectivity index (χ0) is 15.5. The summed E-state index contributed by atoms with van der Waals surface area (Å²) >= 11 is 6.16. The summed E-state index contributed by atoms with van der Waals surface area (Å²) in [6.07, 6.45) is 7.56. The fourth-order valence-electron chi connectivity index (χ4n) is 3.63. The molecular formula is C17H26ClFN2. The molecule has 0 aliphatic heterocycles. The van der Waals surface area contributed by atoms with E-state index in [1.807, 2.05) is 0 Å². The minimum absolute atomic E-state index is 0.0535. The summed E-state index contributed by atoms with van der Waals surface area (Å²) in [7, 11) is 4.18. The van der Waals surface area contributed by atoms with Crippen LogP contribution in [0.3, 0.4) is 0 Å². The molecule has 0 aromatic heterocycles. The predicted octanol–water partition coefficient (Wildman–Crippen LogP) is 4.00. The highest BCUT2D eigenvalue weighted by Gasteiger charge is 2.39. The lowest BCUT2D eigenvalue weighted by molar-refractivity contribution is 0.0964. The van der Waals surface area contributed by atoms with Crippen molar-refractivity contribution in [3.8, 4) is 0 Å².